The van der Waals surface area contributed by atoms with Gasteiger partial charge in [-0.15, -0.1) is 11.8 Å². The minimum absolute atomic E-state index is 0.0250. The summed E-state index contributed by atoms with van der Waals surface area (Å²) >= 11 is 0.834. The monoisotopic (exact) mass is 548 g/mol. The first-order chi connectivity index (χ1) is 17.3. The van der Waals surface area contributed by atoms with E-state index in [0.717, 1.165) is 17.8 Å². The van der Waals surface area contributed by atoms with Gasteiger partial charge in [0.15, 0.2) is 23.3 Å². The third-order valence-corrected chi connectivity index (χ3v) is 6.31. The first-order valence-corrected chi connectivity index (χ1v) is 11.3. The lowest BCUT2D eigenvalue weighted by Crippen LogP contribution is -2.27. The fourth-order valence-corrected chi connectivity index (χ4v) is 4.18. The van der Waals surface area contributed by atoms with Crippen molar-refractivity contribution in [1.29, 1.82) is 0 Å². The van der Waals surface area contributed by atoms with Crippen LogP contribution in [-0.2, 0) is 11.0 Å². The predicted molar refractivity (Wildman–Crippen MR) is 121 cm³/mol. The molecule has 0 bridgehead atoms. The minimum atomic E-state index is -5.72. The molecule has 0 saturated carbocycles. The molecule has 3 rings (SSSR count). The van der Waals surface area contributed by atoms with Gasteiger partial charge in [-0.05, 0) is 36.8 Å². The Balaban J connectivity index is 1.79. The standard InChI is InChI=1S/C24H16F8N2O2S/c1-2-15(23(36)34-21-19(28)17(26)16(24(30,31)32)18(27)20(21)29)37-12-7-5-6-11(10-12)33-22(35)13-8-3-4-9-14(13)25/h3-10,15H,2H2,1H3,(H,33,35)(H,34,36). The average Bonchev–Trinajstić information content (AvgIpc) is 2.83. The number of halogens is 8. The fourth-order valence-electron chi connectivity index (χ4n) is 3.17. The van der Waals surface area contributed by atoms with Crippen molar-refractivity contribution in [3.63, 3.8) is 0 Å². The summed E-state index contributed by atoms with van der Waals surface area (Å²) in [5.74, 6) is -12.8. The Kier molecular flexibility index (Phi) is 8.46. The first-order valence-electron chi connectivity index (χ1n) is 10.4. The summed E-state index contributed by atoms with van der Waals surface area (Å²) < 4.78 is 108. The highest BCUT2D eigenvalue weighted by Crippen LogP contribution is 2.39. The van der Waals surface area contributed by atoms with E-state index in [1.807, 2.05) is 0 Å². The van der Waals surface area contributed by atoms with Crippen LogP contribution in [0.25, 0.3) is 0 Å². The summed E-state index contributed by atoms with van der Waals surface area (Å²) in [6.45, 7) is 1.50. The van der Waals surface area contributed by atoms with Gasteiger partial charge in [0.05, 0.1) is 10.8 Å². The van der Waals surface area contributed by atoms with Crippen molar-refractivity contribution in [3.8, 4) is 0 Å². The maximum Gasteiger partial charge on any atom is 0.422 e. The maximum atomic E-state index is 14.2. The van der Waals surface area contributed by atoms with Gasteiger partial charge in [-0.1, -0.05) is 25.1 Å². The summed E-state index contributed by atoms with van der Waals surface area (Å²) in [5.41, 5.74) is -4.45. The summed E-state index contributed by atoms with van der Waals surface area (Å²) in [4.78, 5) is 25.3. The molecule has 0 aliphatic heterocycles. The molecular formula is C24H16F8N2O2S. The van der Waals surface area contributed by atoms with Crippen molar-refractivity contribution in [3.05, 3.63) is 88.7 Å². The second kappa shape index (κ2) is 11.2. The van der Waals surface area contributed by atoms with Gasteiger partial charge < -0.3 is 10.6 Å². The summed E-state index contributed by atoms with van der Waals surface area (Å²) in [7, 11) is 0. The molecule has 0 fully saturated rings. The van der Waals surface area contributed by atoms with Crippen molar-refractivity contribution >= 4 is 35.0 Å². The Morgan fingerprint density at radius 2 is 1.49 bits per heavy atom. The van der Waals surface area contributed by atoms with Gasteiger partial charge in [0.25, 0.3) is 5.91 Å². The van der Waals surface area contributed by atoms with Crippen LogP contribution >= 0.6 is 11.8 Å². The molecule has 37 heavy (non-hydrogen) atoms. The van der Waals surface area contributed by atoms with Gasteiger partial charge >= 0.3 is 6.18 Å². The van der Waals surface area contributed by atoms with E-state index in [4.69, 9.17) is 0 Å². The Morgan fingerprint density at radius 3 is 2.05 bits per heavy atom. The molecule has 1 unspecified atom stereocenters. The topological polar surface area (TPSA) is 58.2 Å². The molecule has 4 nitrogen and oxygen atoms in total. The van der Waals surface area contributed by atoms with E-state index in [2.05, 4.69) is 5.32 Å². The highest BCUT2D eigenvalue weighted by Gasteiger charge is 2.42. The summed E-state index contributed by atoms with van der Waals surface area (Å²) in [6, 6.07) is 11.1. The van der Waals surface area contributed by atoms with Crippen molar-refractivity contribution in [2.24, 2.45) is 0 Å². The van der Waals surface area contributed by atoms with Crippen LogP contribution < -0.4 is 10.6 Å². The lowest BCUT2D eigenvalue weighted by Gasteiger charge is -2.18. The molecule has 0 saturated heterocycles. The molecule has 0 aromatic heterocycles. The number of anilines is 2. The van der Waals surface area contributed by atoms with E-state index >= 15 is 0 Å². The number of amides is 2. The summed E-state index contributed by atoms with van der Waals surface area (Å²) in [5, 5.41) is 2.97. The van der Waals surface area contributed by atoms with E-state index in [1.54, 1.807) is 5.32 Å². The van der Waals surface area contributed by atoms with E-state index in [0.29, 0.717) is 4.90 Å². The molecule has 3 aromatic rings. The number of thioether (sulfide) groups is 1. The van der Waals surface area contributed by atoms with Crippen LogP contribution in [0.2, 0.25) is 0 Å². The zero-order chi connectivity index (χ0) is 27.5. The normalized spacial score (nSPS) is 12.2. The Morgan fingerprint density at radius 1 is 0.865 bits per heavy atom. The van der Waals surface area contributed by atoms with Gasteiger partial charge in [-0.25, -0.2) is 22.0 Å². The van der Waals surface area contributed by atoms with Gasteiger partial charge in [0, 0.05) is 10.6 Å². The number of rotatable bonds is 7. The minimum Gasteiger partial charge on any atom is -0.322 e. The maximum absolute atomic E-state index is 14.2. The van der Waals surface area contributed by atoms with Gasteiger partial charge in [-0.2, -0.15) is 13.2 Å². The highest BCUT2D eigenvalue weighted by atomic mass is 32.2. The van der Waals surface area contributed by atoms with E-state index in [1.165, 1.54) is 49.4 Å². The number of nitrogens with one attached hydrogen (secondary N) is 2. The van der Waals surface area contributed by atoms with Crippen molar-refractivity contribution in [2.45, 2.75) is 29.7 Å². The SMILES string of the molecule is CCC(Sc1cccc(NC(=O)c2ccccc2F)c1)C(=O)Nc1c(F)c(F)c(C(F)(F)F)c(F)c1F. The molecule has 2 N–H and O–H groups in total. The van der Waals surface area contributed by atoms with Crippen LogP contribution in [0.1, 0.15) is 29.3 Å². The second-order valence-corrected chi connectivity index (χ2v) is 8.75. The molecule has 2 amide bonds. The molecule has 0 heterocycles. The van der Waals surface area contributed by atoms with Crippen molar-refractivity contribution in [2.75, 3.05) is 10.6 Å². The van der Waals surface area contributed by atoms with Crippen LogP contribution in [0, 0.1) is 29.1 Å². The van der Waals surface area contributed by atoms with Crippen LogP contribution in [0.5, 0.6) is 0 Å². The van der Waals surface area contributed by atoms with Crippen molar-refractivity contribution < 1.29 is 44.7 Å². The molecule has 196 valence electrons. The number of hydrogen-bond donors (Lipinski definition) is 2. The molecule has 0 spiro atoms. The summed E-state index contributed by atoms with van der Waals surface area (Å²) in [6.07, 6.45) is -5.69. The number of carbonyl (C=O) groups is 2. The van der Waals surface area contributed by atoms with Crippen LogP contribution in [0.15, 0.2) is 53.4 Å². The largest absolute Gasteiger partial charge is 0.422 e. The van der Waals surface area contributed by atoms with Gasteiger partial charge in [0.2, 0.25) is 5.91 Å². The number of carbonyl (C=O) groups excluding carboxylic acids is 2. The molecule has 13 heteroatoms. The molecule has 0 radical (unpaired) electrons. The van der Waals surface area contributed by atoms with Crippen molar-refractivity contribution in [1.82, 2.24) is 0 Å². The molecule has 0 aliphatic carbocycles. The predicted octanol–water partition coefficient (Wildman–Crippen LogP) is 7.16. The second-order valence-electron chi connectivity index (χ2n) is 7.47. The fraction of sp³-hybridized carbons (Fsp3) is 0.167. The number of hydrogen-bond acceptors (Lipinski definition) is 3. The average molecular weight is 548 g/mol. The molecule has 1 atom stereocenters. The molecule has 3 aromatic carbocycles. The van der Waals surface area contributed by atoms with Crippen LogP contribution in [0.4, 0.5) is 46.5 Å². The Hall–Kier alpha value is -3.61. The third-order valence-electron chi connectivity index (χ3n) is 4.95. The van der Waals surface area contributed by atoms with Gasteiger partial charge in [0.1, 0.15) is 17.1 Å². The smallest absolute Gasteiger partial charge is 0.322 e. The zero-order valence-corrected chi connectivity index (χ0v) is 19.5. The van der Waals surface area contributed by atoms with E-state index in [-0.39, 0.29) is 17.7 Å². The van der Waals surface area contributed by atoms with Crippen LogP contribution in [-0.4, -0.2) is 17.1 Å². The third kappa shape index (κ3) is 6.21. The first kappa shape index (κ1) is 28.0. The molecular weight excluding hydrogens is 532 g/mol. The Bertz CT molecular complexity index is 1320. The quantitative estimate of drug-likeness (QED) is 0.187. The van der Waals surface area contributed by atoms with E-state index < -0.39 is 63.6 Å². The number of alkyl halides is 3. The van der Waals surface area contributed by atoms with Crippen LogP contribution in [0.3, 0.4) is 0 Å². The lowest BCUT2D eigenvalue weighted by molar-refractivity contribution is -0.143. The Labute approximate surface area is 209 Å². The molecule has 0 aliphatic rings. The van der Waals surface area contributed by atoms with E-state index in [9.17, 15) is 44.7 Å². The highest BCUT2D eigenvalue weighted by molar-refractivity contribution is 8.00. The van der Waals surface area contributed by atoms with Gasteiger partial charge in [-0.3, -0.25) is 9.59 Å². The number of benzene rings is 3. The lowest BCUT2D eigenvalue weighted by atomic mass is 10.1. The zero-order valence-electron chi connectivity index (χ0n) is 18.7.